The molecule has 0 bridgehead atoms. The summed E-state index contributed by atoms with van der Waals surface area (Å²) in [6, 6.07) is 4.67. The van der Waals surface area contributed by atoms with Gasteiger partial charge in [0.1, 0.15) is 0 Å². The van der Waals surface area contributed by atoms with Gasteiger partial charge in [-0.3, -0.25) is 4.79 Å². The fraction of sp³-hybridized carbons (Fsp3) is 0.429. The highest BCUT2D eigenvalue weighted by Crippen LogP contribution is 2.52. The van der Waals surface area contributed by atoms with Crippen LogP contribution in [0.15, 0.2) is 18.2 Å². The summed E-state index contributed by atoms with van der Waals surface area (Å²) in [6.45, 7) is 3.86. The van der Waals surface area contributed by atoms with Crippen LogP contribution in [0.5, 0.6) is 0 Å². The second-order valence-corrected chi connectivity index (χ2v) is 5.60. The van der Waals surface area contributed by atoms with Crippen LogP contribution in [-0.2, 0) is 11.0 Å². The summed E-state index contributed by atoms with van der Waals surface area (Å²) in [5.74, 6) is -0.458. The summed E-state index contributed by atoms with van der Waals surface area (Å²) < 4.78 is 38.3. The van der Waals surface area contributed by atoms with E-state index in [0.29, 0.717) is 0 Å². The fourth-order valence-electron chi connectivity index (χ4n) is 2.10. The molecular formula is C14H13F3N2O. The van der Waals surface area contributed by atoms with Gasteiger partial charge in [0, 0.05) is 11.6 Å². The summed E-state index contributed by atoms with van der Waals surface area (Å²) >= 11 is 0. The molecule has 1 aliphatic rings. The first-order valence-corrected chi connectivity index (χ1v) is 6.07. The van der Waals surface area contributed by atoms with Gasteiger partial charge in [-0.25, -0.2) is 0 Å². The third-order valence-electron chi connectivity index (χ3n) is 3.54. The molecule has 1 fully saturated rings. The molecule has 0 spiro atoms. The van der Waals surface area contributed by atoms with Crippen molar-refractivity contribution in [3.05, 3.63) is 29.3 Å². The van der Waals surface area contributed by atoms with Gasteiger partial charge in [0.2, 0.25) is 5.91 Å². The van der Waals surface area contributed by atoms with Crippen LogP contribution in [0.1, 0.15) is 31.4 Å². The van der Waals surface area contributed by atoms with E-state index in [4.69, 9.17) is 5.26 Å². The maximum atomic E-state index is 12.8. The van der Waals surface area contributed by atoms with Crippen molar-refractivity contribution in [2.45, 2.75) is 26.4 Å². The Labute approximate surface area is 114 Å². The van der Waals surface area contributed by atoms with E-state index in [-0.39, 0.29) is 22.9 Å². The van der Waals surface area contributed by atoms with E-state index in [1.54, 1.807) is 0 Å². The predicted octanol–water partition coefficient (Wildman–Crippen LogP) is 3.56. The van der Waals surface area contributed by atoms with Crippen LogP contribution >= 0.6 is 0 Å². The number of hydrogen-bond acceptors (Lipinski definition) is 2. The number of halogens is 3. The van der Waals surface area contributed by atoms with Crippen LogP contribution in [-0.4, -0.2) is 5.91 Å². The van der Waals surface area contributed by atoms with Crippen LogP contribution in [0, 0.1) is 22.7 Å². The average molecular weight is 282 g/mol. The van der Waals surface area contributed by atoms with Gasteiger partial charge in [-0.2, -0.15) is 18.4 Å². The van der Waals surface area contributed by atoms with Crippen molar-refractivity contribution < 1.29 is 18.0 Å². The highest BCUT2D eigenvalue weighted by Gasteiger charge is 2.50. The zero-order chi connectivity index (χ0) is 15.1. The van der Waals surface area contributed by atoms with E-state index < -0.39 is 17.3 Å². The number of anilines is 1. The number of nitriles is 1. The summed E-state index contributed by atoms with van der Waals surface area (Å²) in [4.78, 5) is 11.8. The molecule has 0 saturated heterocycles. The first kappa shape index (κ1) is 14.4. The topological polar surface area (TPSA) is 52.9 Å². The van der Waals surface area contributed by atoms with Gasteiger partial charge in [0.25, 0.3) is 0 Å². The van der Waals surface area contributed by atoms with Crippen molar-refractivity contribution in [2.24, 2.45) is 11.3 Å². The van der Waals surface area contributed by atoms with Gasteiger partial charge in [-0.1, -0.05) is 13.8 Å². The van der Waals surface area contributed by atoms with Crippen molar-refractivity contribution in [2.75, 3.05) is 5.32 Å². The number of nitrogens with one attached hydrogen (secondary N) is 1. The number of carbonyl (C=O) groups excluding carboxylic acids is 1. The van der Waals surface area contributed by atoms with Crippen molar-refractivity contribution in [1.82, 2.24) is 0 Å². The van der Waals surface area contributed by atoms with Gasteiger partial charge in [0.05, 0.1) is 17.2 Å². The number of rotatable bonds is 2. The van der Waals surface area contributed by atoms with Crippen LogP contribution in [0.4, 0.5) is 18.9 Å². The second-order valence-electron chi connectivity index (χ2n) is 5.60. The monoisotopic (exact) mass is 282 g/mol. The van der Waals surface area contributed by atoms with Gasteiger partial charge in [-0.05, 0) is 30.0 Å². The minimum Gasteiger partial charge on any atom is -0.326 e. The molecule has 1 aromatic carbocycles. The molecule has 106 valence electrons. The molecule has 6 heteroatoms. The molecule has 1 saturated carbocycles. The predicted molar refractivity (Wildman–Crippen MR) is 66.7 cm³/mol. The summed E-state index contributed by atoms with van der Waals surface area (Å²) in [5.41, 5.74) is -1.53. The lowest BCUT2D eigenvalue weighted by Crippen LogP contribution is -2.17. The maximum absolute atomic E-state index is 12.8. The number of benzene rings is 1. The Morgan fingerprint density at radius 1 is 1.45 bits per heavy atom. The Balaban J connectivity index is 2.22. The van der Waals surface area contributed by atoms with Crippen molar-refractivity contribution in [3.8, 4) is 6.07 Å². The lowest BCUT2D eigenvalue weighted by Gasteiger charge is -2.12. The molecular weight excluding hydrogens is 269 g/mol. The third-order valence-corrected chi connectivity index (χ3v) is 3.54. The molecule has 1 unspecified atom stereocenters. The Hall–Kier alpha value is -2.03. The Bertz CT molecular complexity index is 599. The molecule has 1 aromatic rings. The molecule has 0 aliphatic heterocycles. The van der Waals surface area contributed by atoms with E-state index in [0.717, 1.165) is 18.6 Å². The number of alkyl halides is 3. The van der Waals surface area contributed by atoms with Crippen LogP contribution in [0.2, 0.25) is 0 Å². The molecule has 20 heavy (non-hydrogen) atoms. The molecule has 0 aromatic heterocycles. The van der Waals surface area contributed by atoms with Crippen molar-refractivity contribution in [1.29, 1.82) is 5.26 Å². The molecule has 2 rings (SSSR count). The Morgan fingerprint density at radius 2 is 2.05 bits per heavy atom. The average Bonchev–Trinajstić information content (AvgIpc) is 2.97. The minimum absolute atomic E-state index is 0.0593. The van der Waals surface area contributed by atoms with Gasteiger partial charge < -0.3 is 5.32 Å². The van der Waals surface area contributed by atoms with E-state index in [1.807, 2.05) is 13.8 Å². The quantitative estimate of drug-likeness (QED) is 0.901. The van der Waals surface area contributed by atoms with Gasteiger partial charge in [-0.15, -0.1) is 0 Å². The van der Waals surface area contributed by atoms with Gasteiger partial charge >= 0.3 is 6.18 Å². The van der Waals surface area contributed by atoms with Crippen LogP contribution in [0.25, 0.3) is 0 Å². The smallest absolute Gasteiger partial charge is 0.326 e. The molecule has 3 nitrogen and oxygen atoms in total. The number of amides is 1. The standard InChI is InChI=1S/C14H13F3N2O/c1-13(2)6-11(13)12(20)19-9-4-3-8(7-18)10(5-9)14(15,16)17/h3-5,11H,6H2,1-2H3,(H,19,20). The third kappa shape index (κ3) is 2.77. The van der Waals surface area contributed by atoms with E-state index >= 15 is 0 Å². The van der Waals surface area contributed by atoms with Crippen LogP contribution in [0.3, 0.4) is 0 Å². The normalized spacial score (nSPS) is 20.1. The zero-order valence-electron chi connectivity index (χ0n) is 11.0. The first-order chi connectivity index (χ1) is 9.15. The largest absolute Gasteiger partial charge is 0.417 e. The molecule has 1 N–H and O–H groups in total. The summed E-state index contributed by atoms with van der Waals surface area (Å²) in [6.07, 6.45) is -3.90. The second kappa shape index (κ2) is 4.51. The SMILES string of the molecule is CC1(C)CC1C(=O)Nc1ccc(C#N)c(C(F)(F)F)c1. The molecule has 1 amide bonds. The fourth-order valence-corrected chi connectivity index (χ4v) is 2.10. The van der Waals surface area contributed by atoms with Crippen LogP contribution < -0.4 is 5.32 Å². The summed E-state index contributed by atoms with van der Waals surface area (Å²) in [7, 11) is 0. The Kier molecular flexibility index (Phi) is 3.24. The molecule has 0 radical (unpaired) electrons. The lowest BCUT2D eigenvalue weighted by atomic mass is 10.1. The molecule has 1 atom stereocenters. The summed E-state index contributed by atoms with van der Waals surface area (Å²) in [5, 5.41) is 11.2. The van der Waals surface area contributed by atoms with E-state index in [2.05, 4.69) is 5.32 Å². The lowest BCUT2D eigenvalue weighted by molar-refractivity contribution is -0.137. The molecule has 1 aliphatic carbocycles. The number of hydrogen-bond donors (Lipinski definition) is 1. The first-order valence-electron chi connectivity index (χ1n) is 6.07. The number of nitrogens with zero attached hydrogens (tertiary/aromatic N) is 1. The zero-order valence-corrected chi connectivity index (χ0v) is 11.0. The van der Waals surface area contributed by atoms with Crippen molar-refractivity contribution >= 4 is 11.6 Å². The van der Waals surface area contributed by atoms with Gasteiger partial charge in [0.15, 0.2) is 0 Å². The minimum atomic E-state index is -4.62. The Morgan fingerprint density at radius 3 is 2.50 bits per heavy atom. The highest BCUT2D eigenvalue weighted by molar-refractivity contribution is 5.95. The molecule has 0 heterocycles. The highest BCUT2D eigenvalue weighted by atomic mass is 19.4. The van der Waals surface area contributed by atoms with Crippen molar-refractivity contribution in [3.63, 3.8) is 0 Å². The van der Waals surface area contributed by atoms with E-state index in [1.165, 1.54) is 12.1 Å². The van der Waals surface area contributed by atoms with E-state index in [9.17, 15) is 18.0 Å². The maximum Gasteiger partial charge on any atom is 0.417 e. The number of carbonyl (C=O) groups is 1.